The molecule has 3 aromatic rings. The van der Waals surface area contributed by atoms with Crippen LogP contribution in [0.3, 0.4) is 0 Å². The predicted octanol–water partition coefficient (Wildman–Crippen LogP) is 3.73. The lowest BCUT2D eigenvalue weighted by Gasteiger charge is -2.30. The number of furan rings is 1. The van der Waals surface area contributed by atoms with Crippen LogP contribution in [-0.4, -0.2) is 45.9 Å². The van der Waals surface area contributed by atoms with E-state index in [0.717, 1.165) is 5.69 Å². The maximum atomic E-state index is 13.4. The number of nitrogens with zero attached hydrogens (tertiary/aromatic N) is 2. The molecule has 0 bridgehead atoms. The molecule has 31 heavy (non-hydrogen) atoms. The maximum absolute atomic E-state index is 13.4. The van der Waals surface area contributed by atoms with Crippen LogP contribution >= 0.6 is 0 Å². The van der Waals surface area contributed by atoms with Crippen LogP contribution in [-0.2, 0) is 4.74 Å². The molecule has 0 aliphatic carbocycles. The molecule has 4 rings (SSSR count). The number of carbonyl (C=O) groups excluding carboxylic acids is 1. The summed E-state index contributed by atoms with van der Waals surface area (Å²) in [6.45, 7) is 2.80. The van der Waals surface area contributed by atoms with Crippen LogP contribution in [0.4, 0.5) is 10.1 Å². The molecule has 1 aliphatic rings. The Kier molecular flexibility index (Phi) is 6.05. The molecule has 160 valence electrons. The first kappa shape index (κ1) is 20.7. The molecule has 1 amide bonds. The van der Waals surface area contributed by atoms with Gasteiger partial charge in [0.15, 0.2) is 0 Å². The van der Waals surface area contributed by atoms with E-state index >= 15 is 0 Å². The number of hydrogen-bond acceptors (Lipinski definition) is 6. The minimum Gasteiger partial charge on any atom is -0.490 e. The van der Waals surface area contributed by atoms with E-state index in [-0.39, 0.29) is 24.8 Å². The SMILES string of the molecule is CNC(=O)c1c(-c2ccc(F)cc2)oc2cc(N3CCOCC3)c(OCCC#N)cc12. The molecule has 2 heterocycles. The Morgan fingerprint density at radius 3 is 2.68 bits per heavy atom. The Balaban J connectivity index is 1.88. The first-order chi connectivity index (χ1) is 15.1. The second-order valence-corrected chi connectivity index (χ2v) is 7.06. The van der Waals surface area contributed by atoms with Crippen LogP contribution in [0.25, 0.3) is 22.3 Å². The molecule has 0 saturated carbocycles. The second-order valence-electron chi connectivity index (χ2n) is 7.06. The third kappa shape index (κ3) is 4.18. The summed E-state index contributed by atoms with van der Waals surface area (Å²) in [5, 5.41) is 12.1. The van der Waals surface area contributed by atoms with Gasteiger partial charge in [-0.2, -0.15) is 5.26 Å². The van der Waals surface area contributed by atoms with Crippen LogP contribution < -0.4 is 15.0 Å². The van der Waals surface area contributed by atoms with Gasteiger partial charge in [-0.05, 0) is 30.3 Å². The van der Waals surface area contributed by atoms with Crippen molar-refractivity contribution in [3.05, 3.63) is 47.8 Å². The zero-order valence-electron chi connectivity index (χ0n) is 17.1. The van der Waals surface area contributed by atoms with Crippen molar-refractivity contribution in [2.75, 3.05) is 44.9 Å². The van der Waals surface area contributed by atoms with Crippen molar-refractivity contribution in [2.45, 2.75) is 6.42 Å². The standard InChI is InChI=1S/C23H22FN3O4/c1-26-23(28)21-17-13-20(30-10-2-7-25)18(27-8-11-29-12-9-27)14-19(17)31-22(21)15-3-5-16(24)6-4-15/h3-6,13-14H,2,8-12H2,1H3,(H,26,28). The average Bonchev–Trinajstić information content (AvgIpc) is 3.17. The van der Waals surface area contributed by atoms with Gasteiger partial charge in [0.2, 0.25) is 0 Å². The normalized spacial score (nSPS) is 13.8. The highest BCUT2D eigenvalue weighted by atomic mass is 19.1. The van der Waals surface area contributed by atoms with E-state index in [9.17, 15) is 9.18 Å². The fourth-order valence-electron chi connectivity index (χ4n) is 3.64. The van der Waals surface area contributed by atoms with Gasteiger partial charge >= 0.3 is 0 Å². The molecule has 2 aromatic carbocycles. The Hall–Kier alpha value is -3.57. The molecule has 1 aromatic heterocycles. The number of hydrogen-bond donors (Lipinski definition) is 1. The van der Waals surface area contributed by atoms with Crippen LogP contribution in [0.15, 0.2) is 40.8 Å². The van der Waals surface area contributed by atoms with Crippen LogP contribution in [0, 0.1) is 17.1 Å². The number of nitrogens with one attached hydrogen (secondary N) is 1. The van der Waals surface area contributed by atoms with E-state index in [0.29, 0.717) is 59.9 Å². The highest BCUT2D eigenvalue weighted by Crippen LogP contribution is 2.40. The molecule has 0 unspecified atom stereocenters. The fourth-order valence-corrected chi connectivity index (χ4v) is 3.64. The van der Waals surface area contributed by atoms with Gasteiger partial charge in [-0.15, -0.1) is 0 Å². The first-order valence-corrected chi connectivity index (χ1v) is 10.0. The monoisotopic (exact) mass is 423 g/mol. The Labute approximate surface area is 178 Å². The lowest BCUT2D eigenvalue weighted by atomic mass is 10.0. The molecule has 1 saturated heterocycles. The number of morpholine rings is 1. The van der Waals surface area contributed by atoms with Crippen molar-refractivity contribution < 1.29 is 23.1 Å². The van der Waals surface area contributed by atoms with E-state index in [4.69, 9.17) is 19.2 Å². The van der Waals surface area contributed by atoms with E-state index < -0.39 is 0 Å². The van der Waals surface area contributed by atoms with E-state index in [1.165, 1.54) is 12.1 Å². The van der Waals surface area contributed by atoms with Gasteiger partial charge in [-0.3, -0.25) is 4.79 Å². The Bertz CT molecular complexity index is 1130. The minimum absolute atomic E-state index is 0.233. The molecular formula is C23H22FN3O4. The summed E-state index contributed by atoms with van der Waals surface area (Å²) in [7, 11) is 1.54. The smallest absolute Gasteiger partial charge is 0.255 e. The summed E-state index contributed by atoms with van der Waals surface area (Å²) in [6.07, 6.45) is 0.245. The third-order valence-electron chi connectivity index (χ3n) is 5.15. The molecular weight excluding hydrogens is 401 g/mol. The molecule has 8 heteroatoms. The van der Waals surface area contributed by atoms with Crippen LogP contribution in [0.5, 0.6) is 5.75 Å². The van der Waals surface area contributed by atoms with Crippen molar-refractivity contribution in [1.82, 2.24) is 5.32 Å². The first-order valence-electron chi connectivity index (χ1n) is 10.0. The van der Waals surface area contributed by atoms with Gasteiger partial charge in [-0.25, -0.2) is 4.39 Å². The summed E-state index contributed by atoms with van der Waals surface area (Å²) in [4.78, 5) is 14.9. The highest BCUT2D eigenvalue weighted by molar-refractivity contribution is 6.12. The van der Waals surface area contributed by atoms with Gasteiger partial charge < -0.3 is 24.1 Å². The van der Waals surface area contributed by atoms with Gasteiger partial charge in [0.25, 0.3) is 5.91 Å². The molecule has 0 spiro atoms. The quantitative estimate of drug-likeness (QED) is 0.608. The molecule has 0 atom stereocenters. The van der Waals surface area contributed by atoms with Gasteiger partial charge in [-0.1, -0.05) is 0 Å². The van der Waals surface area contributed by atoms with Crippen molar-refractivity contribution in [2.24, 2.45) is 0 Å². The number of carbonyl (C=O) groups is 1. The van der Waals surface area contributed by atoms with Crippen LogP contribution in [0.1, 0.15) is 16.8 Å². The zero-order chi connectivity index (χ0) is 21.8. The summed E-state index contributed by atoms with van der Waals surface area (Å²) in [6, 6.07) is 11.5. The number of rotatable bonds is 6. The Morgan fingerprint density at radius 2 is 2.00 bits per heavy atom. The molecule has 0 radical (unpaired) electrons. The molecule has 1 N–H and O–H groups in total. The summed E-state index contributed by atoms with van der Waals surface area (Å²) in [5.74, 6) is 0.238. The summed E-state index contributed by atoms with van der Waals surface area (Å²) >= 11 is 0. The molecule has 7 nitrogen and oxygen atoms in total. The largest absolute Gasteiger partial charge is 0.490 e. The van der Waals surface area contributed by atoms with Crippen molar-refractivity contribution in [3.63, 3.8) is 0 Å². The van der Waals surface area contributed by atoms with Crippen molar-refractivity contribution >= 4 is 22.6 Å². The number of ether oxygens (including phenoxy) is 2. The fraction of sp³-hybridized carbons (Fsp3) is 0.304. The predicted molar refractivity (Wildman–Crippen MR) is 114 cm³/mol. The van der Waals surface area contributed by atoms with Gasteiger partial charge in [0.05, 0.1) is 37.0 Å². The summed E-state index contributed by atoms with van der Waals surface area (Å²) in [5.41, 5.74) is 2.28. The van der Waals surface area contributed by atoms with Crippen molar-refractivity contribution in [1.29, 1.82) is 5.26 Å². The lowest BCUT2D eigenvalue weighted by Crippen LogP contribution is -2.36. The number of halogens is 1. The maximum Gasteiger partial charge on any atom is 0.255 e. The minimum atomic E-state index is -0.371. The summed E-state index contributed by atoms with van der Waals surface area (Å²) < 4.78 is 30.9. The van der Waals surface area contributed by atoms with E-state index in [1.807, 2.05) is 6.07 Å². The number of nitriles is 1. The third-order valence-corrected chi connectivity index (χ3v) is 5.15. The topological polar surface area (TPSA) is 87.7 Å². The van der Waals surface area contributed by atoms with Gasteiger partial charge in [0, 0.05) is 37.2 Å². The van der Waals surface area contributed by atoms with Gasteiger partial charge in [0.1, 0.15) is 29.5 Å². The number of benzene rings is 2. The zero-order valence-corrected chi connectivity index (χ0v) is 17.1. The van der Waals surface area contributed by atoms with Crippen molar-refractivity contribution in [3.8, 4) is 23.1 Å². The molecule has 1 aliphatic heterocycles. The van der Waals surface area contributed by atoms with Crippen LogP contribution in [0.2, 0.25) is 0 Å². The average molecular weight is 423 g/mol. The second kappa shape index (κ2) is 9.06. The van der Waals surface area contributed by atoms with E-state index in [1.54, 1.807) is 25.2 Å². The number of fused-ring (bicyclic) bond motifs is 1. The highest BCUT2D eigenvalue weighted by Gasteiger charge is 2.25. The number of amides is 1. The molecule has 1 fully saturated rings. The Morgan fingerprint density at radius 1 is 1.26 bits per heavy atom. The van der Waals surface area contributed by atoms with E-state index in [2.05, 4.69) is 16.3 Å². The number of anilines is 1. The lowest BCUT2D eigenvalue weighted by molar-refractivity contribution is 0.0964.